The fraction of sp³-hybridized carbons (Fsp3) is 0.778. The summed E-state index contributed by atoms with van der Waals surface area (Å²) in [6.45, 7) is 7.47. The van der Waals surface area contributed by atoms with Crippen molar-refractivity contribution in [3.05, 3.63) is 18.0 Å². The fourth-order valence-corrected chi connectivity index (χ4v) is 4.26. The van der Waals surface area contributed by atoms with Crippen LogP contribution in [0.3, 0.4) is 0 Å². The molecule has 4 rings (SSSR count). The van der Waals surface area contributed by atoms with Crippen LogP contribution in [0.5, 0.6) is 0 Å². The van der Waals surface area contributed by atoms with Crippen LogP contribution in [0, 0.1) is 18.8 Å². The van der Waals surface area contributed by atoms with Gasteiger partial charge in [0.25, 0.3) is 0 Å². The van der Waals surface area contributed by atoms with Crippen molar-refractivity contribution in [2.75, 3.05) is 38.1 Å². The number of aryl methyl sites for hydroxylation is 1. The molecule has 1 atom stereocenters. The maximum Gasteiger partial charge on any atom is 0.222 e. The van der Waals surface area contributed by atoms with Gasteiger partial charge in [0.05, 0.1) is 5.60 Å². The van der Waals surface area contributed by atoms with E-state index in [1.54, 1.807) is 0 Å². The molecule has 0 amide bonds. The number of rotatable bonds is 6. The van der Waals surface area contributed by atoms with E-state index in [1.807, 2.05) is 19.3 Å². The van der Waals surface area contributed by atoms with Crippen LogP contribution in [0.25, 0.3) is 0 Å². The van der Waals surface area contributed by atoms with Gasteiger partial charge in [0, 0.05) is 45.2 Å². The zero-order valence-electron chi connectivity index (χ0n) is 14.1. The molecule has 5 nitrogen and oxygen atoms in total. The van der Waals surface area contributed by atoms with E-state index in [9.17, 15) is 0 Å². The highest BCUT2D eigenvalue weighted by Crippen LogP contribution is 2.42. The lowest BCUT2D eigenvalue weighted by molar-refractivity contribution is -0.139. The third-order valence-electron chi connectivity index (χ3n) is 5.88. The van der Waals surface area contributed by atoms with Crippen molar-refractivity contribution in [3.63, 3.8) is 0 Å². The molecule has 1 aliphatic carbocycles. The minimum absolute atomic E-state index is 0.152. The molecule has 1 aromatic rings. The Morgan fingerprint density at radius 1 is 1.26 bits per heavy atom. The lowest BCUT2D eigenvalue weighted by Gasteiger charge is -2.52. The maximum atomic E-state index is 6.17. The van der Waals surface area contributed by atoms with Gasteiger partial charge in [0.2, 0.25) is 5.95 Å². The Bertz CT molecular complexity index is 522. The molecule has 126 valence electrons. The number of anilines is 1. The lowest BCUT2D eigenvalue weighted by Crippen LogP contribution is -2.65. The first-order valence-corrected chi connectivity index (χ1v) is 9.12. The van der Waals surface area contributed by atoms with Crippen LogP contribution in [0.4, 0.5) is 5.95 Å². The summed E-state index contributed by atoms with van der Waals surface area (Å²) in [5.41, 5.74) is 1.25. The van der Waals surface area contributed by atoms with E-state index in [0.717, 1.165) is 50.1 Å². The first-order chi connectivity index (χ1) is 11.2. The number of likely N-dealkylation sites (tertiary alicyclic amines) is 1. The van der Waals surface area contributed by atoms with E-state index in [1.165, 1.54) is 32.2 Å². The van der Waals surface area contributed by atoms with Gasteiger partial charge < -0.3 is 10.1 Å². The number of nitrogens with one attached hydrogen (secondary N) is 1. The molecule has 3 aliphatic rings. The number of hydrogen-bond acceptors (Lipinski definition) is 5. The molecule has 0 aromatic carbocycles. The predicted molar refractivity (Wildman–Crippen MR) is 90.4 cm³/mol. The second-order valence-corrected chi connectivity index (χ2v) is 7.66. The Labute approximate surface area is 138 Å². The Morgan fingerprint density at radius 3 is 2.74 bits per heavy atom. The fourth-order valence-electron chi connectivity index (χ4n) is 4.26. The van der Waals surface area contributed by atoms with E-state index in [-0.39, 0.29) is 5.60 Å². The summed E-state index contributed by atoms with van der Waals surface area (Å²) in [5, 5.41) is 3.36. The molecular weight excluding hydrogens is 288 g/mol. The van der Waals surface area contributed by atoms with E-state index in [0.29, 0.717) is 5.92 Å². The first kappa shape index (κ1) is 15.3. The van der Waals surface area contributed by atoms with Crippen molar-refractivity contribution in [3.8, 4) is 0 Å². The minimum atomic E-state index is 0.152. The lowest BCUT2D eigenvalue weighted by atomic mass is 9.77. The second kappa shape index (κ2) is 6.36. The molecule has 1 unspecified atom stereocenters. The molecular formula is C18H28N4O. The molecule has 2 saturated heterocycles. The van der Waals surface area contributed by atoms with Gasteiger partial charge in [-0.05, 0) is 50.0 Å². The van der Waals surface area contributed by atoms with Crippen LogP contribution >= 0.6 is 0 Å². The summed E-state index contributed by atoms with van der Waals surface area (Å²) in [5.74, 6) is 2.38. The average Bonchev–Trinajstić information content (AvgIpc) is 2.88. The quantitative estimate of drug-likeness (QED) is 0.874. The Kier molecular flexibility index (Phi) is 4.24. The Hall–Kier alpha value is -1.20. The minimum Gasteiger partial charge on any atom is -0.372 e. The van der Waals surface area contributed by atoms with Crippen LogP contribution in [0.15, 0.2) is 12.4 Å². The highest BCUT2D eigenvalue weighted by atomic mass is 16.5. The summed E-state index contributed by atoms with van der Waals surface area (Å²) in [6, 6.07) is 0. The van der Waals surface area contributed by atoms with Crippen molar-refractivity contribution >= 4 is 5.95 Å². The van der Waals surface area contributed by atoms with Crippen molar-refractivity contribution in [2.24, 2.45) is 11.8 Å². The van der Waals surface area contributed by atoms with Crippen LogP contribution in [-0.2, 0) is 4.74 Å². The second-order valence-electron chi connectivity index (χ2n) is 7.66. The molecule has 23 heavy (non-hydrogen) atoms. The molecule has 5 heteroatoms. The Morgan fingerprint density at radius 2 is 2.04 bits per heavy atom. The van der Waals surface area contributed by atoms with Gasteiger partial charge in [-0.15, -0.1) is 0 Å². The molecule has 1 saturated carbocycles. The zero-order valence-corrected chi connectivity index (χ0v) is 14.1. The van der Waals surface area contributed by atoms with Crippen molar-refractivity contribution < 1.29 is 4.74 Å². The normalized spacial score (nSPS) is 26.9. The summed E-state index contributed by atoms with van der Waals surface area (Å²) in [4.78, 5) is 11.2. The van der Waals surface area contributed by atoms with Crippen molar-refractivity contribution in [2.45, 2.75) is 44.6 Å². The first-order valence-electron chi connectivity index (χ1n) is 9.12. The third kappa shape index (κ3) is 3.22. The summed E-state index contributed by atoms with van der Waals surface area (Å²) in [6.07, 6.45) is 10.4. The standard InChI is InChI=1S/C18H28N4O/c1-14-9-20-17(21-10-14)19-7-5-16-6-8-23-18(16)12-22(13-18)11-15-3-2-4-15/h9-10,15-16H,2-8,11-13H2,1H3,(H,19,20,21). The van der Waals surface area contributed by atoms with Gasteiger partial charge in [-0.2, -0.15) is 0 Å². The van der Waals surface area contributed by atoms with Gasteiger partial charge >= 0.3 is 0 Å². The molecule has 1 spiro atoms. The third-order valence-corrected chi connectivity index (χ3v) is 5.88. The summed E-state index contributed by atoms with van der Waals surface area (Å²) in [7, 11) is 0. The largest absolute Gasteiger partial charge is 0.372 e. The molecule has 2 aliphatic heterocycles. The highest BCUT2D eigenvalue weighted by Gasteiger charge is 2.52. The summed E-state index contributed by atoms with van der Waals surface area (Å²) >= 11 is 0. The topological polar surface area (TPSA) is 50.3 Å². The van der Waals surface area contributed by atoms with Crippen LogP contribution < -0.4 is 5.32 Å². The number of aromatic nitrogens is 2. The predicted octanol–water partition coefficient (Wildman–Crippen LogP) is 2.48. The molecule has 0 bridgehead atoms. The molecule has 3 fully saturated rings. The molecule has 3 heterocycles. The SMILES string of the molecule is Cc1cnc(NCCC2CCOC23CN(CC2CCC2)C3)nc1. The van der Waals surface area contributed by atoms with E-state index >= 15 is 0 Å². The van der Waals surface area contributed by atoms with Gasteiger partial charge in [0.1, 0.15) is 0 Å². The van der Waals surface area contributed by atoms with Crippen molar-refractivity contribution in [1.82, 2.24) is 14.9 Å². The highest BCUT2D eigenvalue weighted by molar-refractivity contribution is 5.24. The van der Waals surface area contributed by atoms with Crippen LogP contribution in [0.2, 0.25) is 0 Å². The monoisotopic (exact) mass is 316 g/mol. The van der Waals surface area contributed by atoms with Crippen LogP contribution in [0.1, 0.15) is 37.7 Å². The van der Waals surface area contributed by atoms with Gasteiger partial charge in [0.15, 0.2) is 0 Å². The van der Waals surface area contributed by atoms with E-state index < -0.39 is 0 Å². The molecule has 1 N–H and O–H groups in total. The van der Waals surface area contributed by atoms with Gasteiger partial charge in [-0.3, -0.25) is 4.90 Å². The number of nitrogens with zero attached hydrogens (tertiary/aromatic N) is 3. The Balaban J connectivity index is 1.23. The molecule has 1 aromatic heterocycles. The maximum absolute atomic E-state index is 6.17. The van der Waals surface area contributed by atoms with E-state index in [4.69, 9.17) is 4.74 Å². The van der Waals surface area contributed by atoms with Gasteiger partial charge in [-0.1, -0.05) is 6.42 Å². The van der Waals surface area contributed by atoms with Crippen LogP contribution in [-0.4, -0.2) is 53.3 Å². The summed E-state index contributed by atoms with van der Waals surface area (Å²) < 4.78 is 6.17. The molecule has 0 radical (unpaired) electrons. The average molecular weight is 316 g/mol. The van der Waals surface area contributed by atoms with Gasteiger partial charge in [-0.25, -0.2) is 9.97 Å². The number of ether oxygens (including phenoxy) is 1. The zero-order chi connectivity index (χ0) is 15.7. The van der Waals surface area contributed by atoms with Crippen molar-refractivity contribution in [1.29, 1.82) is 0 Å². The smallest absolute Gasteiger partial charge is 0.222 e. The number of hydrogen-bond donors (Lipinski definition) is 1. The van der Waals surface area contributed by atoms with E-state index in [2.05, 4.69) is 20.2 Å².